The van der Waals surface area contributed by atoms with Gasteiger partial charge in [-0.3, -0.25) is 4.79 Å². The SMILES string of the molecule is O=C(/C=C/c1cccs1)N1CCOc2c(O)cc(-c3cccc(Cl)c3)cc2C1. The molecule has 0 radical (unpaired) electrons. The molecule has 0 aliphatic carbocycles. The number of hydrogen-bond donors (Lipinski definition) is 1. The number of fused-ring (bicyclic) bond motifs is 1. The van der Waals surface area contributed by atoms with E-state index < -0.39 is 0 Å². The van der Waals surface area contributed by atoms with Gasteiger partial charge in [0.1, 0.15) is 6.61 Å². The Balaban J connectivity index is 1.62. The van der Waals surface area contributed by atoms with Gasteiger partial charge in [-0.2, -0.15) is 0 Å². The van der Waals surface area contributed by atoms with Crippen LogP contribution in [0.3, 0.4) is 0 Å². The number of aromatic hydroxyl groups is 1. The van der Waals surface area contributed by atoms with Crippen LogP contribution in [0.1, 0.15) is 10.4 Å². The molecular weight excluding hydrogens is 394 g/mol. The molecule has 0 saturated carbocycles. The zero-order chi connectivity index (χ0) is 19.5. The third-order valence-corrected chi connectivity index (χ3v) is 5.59. The van der Waals surface area contributed by atoms with E-state index in [1.807, 2.05) is 47.9 Å². The van der Waals surface area contributed by atoms with Crippen LogP contribution < -0.4 is 4.74 Å². The number of phenolic OH excluding ortho intramolecular Hbond substituents is 1. The van der Waals surface area contributed by atoms with Crippen molar-refractivity contribution in [3.8, 4) is 22.6 Å². The van der Waals surface area contributed by atoms with Crippen molar-refractivity contribution in [3.05, 3.63) is 75.5 Å². The molecule has 0 spiro atoms. The molecular formula is C22H18ClNO3S. The Hall–Kier alpha value is -2.76. The van der Waals surface area contributed by atoms with Crippen molar-refractivity contribution in [2.24, 2.45) is 0 Å². The number of benzene rings is 2. The number of thiophene rings is 1. The van der Waals surface area contributed by atoms with E-state index in [-0.39, 0.29) is 11.7 Å². The third kappa shape index (κ3) is 4.06. The molecule has 142 valence electrons. The maximum absolute atomic E-state index is 12.6. The Labute approximate surface area is 172 Å². The monoisotopic (exact) mass is 411 g/mol. The summed E-state index contributed by atoms with van der Waals surface area (Å²) in [5.41, 5.74) is 2.49. The standard InChI is InChI=1S/C22H18ClNO3S/c23-18-4-1-3-15(12-18)16-11-17-14-24(8-9-27-22(17)20(25)13-16)21(26)7-6-19-5-2-10-28-19/h1-7,10-13,25H,8-9,14H2/b7-6+. The Morgan fingerprint density at radius 3 is 2.86 bits per heavy atom. The number of phenols is 1. The zero-order valence-electron chi connectivity index (χ0n) is 15.0. The lowest BCUT2D eigenvalue weighted by molar-refractivity contribution is -0.126. The lowest BCUT2D eigenvalue weighted by Gasteiger charge is -2.18. The second-order valence-electron chi connectivity index (χ2n) is 6.45. The number of carbonyl (C=O) groups is 1. The molecule has 1 amide bonds. The van der Waals surface area contributed by atoms with Crippen molar-refractivity contribution >= 4 is 34.9 Å². The molecule has 3 aromatic rings. The first-order chi connectivity index (χ1) is 13.6. The minimum absolute atomic E-state index is 0.0657. The van der Waals surface area contributed by atoms with Gasteiger partial charge < -0.3 is 14.7 Å². The van der Waals surface area contributed by atoms with Crippen LogP contribution in [0.2, 0.25) is 5.02 Å². The molecule has 0 saturated heterocycles. The van der Waals surface area contributed by atoms with Crippen molar-refractivity contribution in [2.45, 2.75) is 6.54 Å². The predicted octanol–water partition coefficient (Wildman–Crippen LogP) is 5.21. The van der Waals surface area contributed by atoms with Crippen LogP contribution in [0, 0.1) is 0 Å². The lowest BCUT2D eigenvalue weighted by Crippen LogP contribution is -2.30. The molecule has 4 rings (SSSR count). The van der Waals surface area contributed by atoms with E-state index in [9.17, 15) is 9.90 Å². The van der Waals surface area contributed by atoms with Gasteiger partial charge in [-0.25, -0.2) is 0 Å². The summed E-state index contributed by atoms with van der Waals surface area (Å²) in [4.78, 5) is 15.4. The first-order valence-corrected chi connectivity index (χ1v) is 10.1. The summed E-state index contributed by atoms with van der Waals surface area (Å²) < 4.78 is 5.73. The molecule has 0 unspecified atom stereocenters. The van der Waals surface area contributed by atoms with Crippen molar-refractivity contribution in [1.29, 1.82) is 0 Å². The molecule has 28 heavy (non-hydrogen) atoms. The number of ether oxygens (including phenoxy) is 1. The molecule has 0 bridgehead atoms. The highest BCUT2D eigenvalue weighted by molar-refractivity contribution is 7.10. The third-order valence-electron chi connectivity index (χ3n) is 4.52. The van der Waals surface area contributed by atoms with E-state index in [0.29, 0.717) is 30.5 Å². The molecule has 1 aliphatic rings. The van der Waals surface area contributed by atoms with Gasteiger partial charge in [0, 0.05) is 28.1 Å². The normalized spacial score (nSPS) is 13.8. The van der Waals surface area contributed by atoms with Crippen LogP contribution in [0.15, 0.2) is 60.0 Å². The lowest BCUT2D eigenvalue weighted by atomic mass is 10.0. The predicted molar refractivity (Wildman–Crippen MR) is 113 cm³/mol. The largest absolute Gasteiger partial charge is 0.504 e. The van der Waals surface area contributed by atoms with Crippen LogP contribution >= 0.6 is 22.9 Å². The fourth-order valence-corrected chi connectivity index (χ4v) is 3.97. The average Bonchev–Trinajstić information content (AvgIpc) is 3.11. The van der Waals surface area contributed by atoms with E-state index in [1.54, 1.807) is 34.4 Å². The van der Waals surface area contributed by atoms with E-state index in [2.05, 4.69) is 0 Å². The van der Waals surface area contributed by atoms with Gasteiger partial charge in [0.25, 0.3) is 0 Å². The van der Waals surface area contributed by atoms with Crippen molar-refractivity contribution < 1.29 is 14.6 Å². The van der Waals surface area contributed by atoms with Gasteiger partial charge in [-0.15, -0.1) is 11.3 Å². The van der Waals surface area contributed by atoms with Crippen LogP contribution in [0.5, 0.6) is 11.5 Å². The molecule has 2 aromatic carbocycles. The summed E-state index contributed by atoms with van der Waals surface area (Å²) in [6.07, 6.45) is 3.40. The van der Waals surface area contributed by atoms with E-state index in [4.69, 9.17) is 16.3 Å². The summed E-state index contributed by atoms with van der Waals surface area (Å²) in [7, 11) is 0. The quantitative estimate of drug-likeness (QED) is 0.602. The Morgan fingerprint density at radius 1 is 1.18 bits per heavy atom. The number of carbonyl (C=O) groups excluding carboxylic acids is 1. The Kier molecular flexibility index (Phi) is 5.37. The highest BCUT2D eigenvalue weighted by Gasteiger charge is 2.22. The summed E-state index contributed by atoms with van der Waals surface area (Å²) >= 11 is 7.68. The van der Waals surface area contributed by atoms with Gasteiger partial charge in [-0.1, -0.05) is 29.8 Å². The molecule has 0 fully saturated rings. The second kappa shape index (κ2) is 8.09. The number of hydrogen-bond acceptors (Lipinski definition) is 4. The van der Waals surface area contributed by atoms with E-state index in [1.165, 1.54) is 0 Å². The summed E-state index contributed by atoms with van der Waals surface area (Å²) in [5.74, 6) is 0.414. The van der Waals surface area contributed by atoms with Crippen LogP contribution in [-0.4, -0.2) is 29.1 Å². The number of rotatable bonds is 3. The van der Waals surface area contributed by atoms with Crippen molar-refractivity contribution in [2.75, 3.05) is 13.2 Å². The summed E-state index contributed by atoms with van der Waals surface area (Å²) in [5, 5.41) is 13.1. The number of halogens is 1. The van der Waals surface area contributed by atoms with E-state index in [0.717, 1.165) is 21.6 Å². The van der Waals surface area contributed by atoms with E-state index >= 15 is 0 Å². The topological polar surface area (TPSA) is 49.8 Å². The van der Waals surface area contributed by atoms with Crippen LogP contribution in [0.4, 0.5) is 0 Å². The number of amides is 1. The summed E-state index contributed by atoms with van der Waals surface area (Å²) in [6.45, 7) is 1.15. The van der Waals surface area contributed by atoms with Crippen LogP contribution in [0.25, 0.3) is 17.2 Å². The van der Waals surface area contributed by atoms with Gasteiger partial charge in [0.15, 0.2) is 11.5 Å². The van der Waals surface area contributed by atoms with Gasteiger partial charge in [0.05, 0.1) is 6.54 Å². The average molecular weight is 412 g/mol. The minimum atomic E-state index is -0.0856. The van der Waals surface area contributed by atoms with Gasteiger partial charge in [-0.05, 0) is 52.9 Å². The number of nitrogens with zero attached hydrogens (tertiary/aromatic N) is 1. The second-order valence-corrected chi connectivity index (χ2v) is 7.87. The molecule has 1 aromatic heterocycles. The van der Waals surface area contributed by atoms with Crippen molar-refractivity contribution in [3.63, 3.8) is 0 Å². The first-order valence-electron chi connectivity index (χ1n) is 8.85. The highest BCUT2D eigenvalue weighted by Crippen LogP contribution is 2.38. The molecule has 1 aliphatic heterocycles. The molecule has 1 N–H and O–H groups in total. The fraction of sp³-hybridized carbons (Fsp3) is 0.136. The maximum atomic E-state index is 12.6. The zero-order valence-corrected chi connectivity index (χ0v) is 16.5. The van der Waals surface area contributed by atoms with Crippen LogP contribution in [-0.2, 0) is 11.3 Å². The molecule has 4 nitrogen and oxygen atoms in total. The Morgan fingerprint density at radius 2 is 2.07 bits per heavy atom. The van der Waals surface area contributed by atoms with Gasteiger partial charge in [0.2, 0.25) is 5.91 Å². The maximum Gasteiger partial charge on any atom is 0.247 e. The molecule has 6 heteroatoms. The minimum Gasteiger partial charge on any atom is -0.504 e. The Bertz CT molecular complexity index is 1030. The summed E-state index contributed by atoms with van der Waals surface area (Å²) in [6, 6.07) is 15.0. The first kappa shape index (κ1) is 18.6. The molecule has 0 atom stereocenters. The smallest absolute Gasteiger partial charge is 0.247 e. The van der Waals surface area contributed by atoms with Gasteiger partial charge >= 0.3 is 0 Å². The molecule has 2 heterocycles. The van der Waals surface area contributed by atoms with Crippen molar-refractivity contribution in [1.82, 2.24) is 4.90 Å². The highest BCUT2D eigenvalue weighted by atomic mass is 35.5. The fourth-order valence-electron chi connectivity index (χ4n) is 3.17.